The van der Waals surface area contributed by atoms with E-state index in [0.29, 0.717) is 0 Å². The maximum Gasteiger partial charge on any atom is 0.0470 e. The first-order chi connectivity index (χ1) is 9.15. The molecule has 1 atom stereocenters. The SMILES string of the molecule is C=CCCC(C=C)N(C)C(=C)c1ccccc1C=C. The molecule has 1 nitrogen and oxygen atoms in total. The lowest BCUT2D eigenvalue weighted by Gasteiger charge is -2.30. The molecule has 0 spiro atoms. The summed E-state index contributed by atoms with van der Waals surface area (Å²) in [6.45, 7) is 15.8. The van der Waals surface area contributed by atoms with Gasteiger partial charge in [0.1, 0.15) is 0 Å². The van der Waals surface area contributed by atoms with E-state index in [1.165, 1.54) is 0 Å². The van der Waals surface area contributed by atoms with E-state index in [0.717, 1.165) is 29.7 Å². The summed E-state index contributed by atoms with van der Waals surface area (Å²) >= 11 is 0. The molecular formula is C18H23N. The van der Waals surface area contributed by atoms with Crippen LogP contribution in [0.25, 0.3) is 11.8 Å². The first-order valence-electron chi connectivity index (χ1n) is 6.52. The highest BCUT2D eigenvalue weighted by Gasteiger charge is 2.14. The molecule has 0 saturated carbocycles. The number of rotatable bonds is 8. The van der Waals surface area contributed by atoms with Crippen LogP contribution in [0.4, 0.5) is 0 Å². The summed E-state index contributed by atoms with van der Waals surface area (Å²) in [6, 6.07) is 8.42. The molecule has 0 aliphatic heterocycles. The minimum absolute atomic E-state index is 0.267. The minimum atomic E-state index is 0.267. The average molecular weight is 253 g/mol. The number of hydrogen-bond acceptors (Lipinski definition) is 1. The van der Waals surface area contributed by atoms with Crippen molar-refractivity contribution in [1.29, 1.82) is 0 Å². The molecule has 100 valence electrons. The van der Waals surface area contributed by atoms with E-state index in [4.69, 9.17) is 0 Å². The molecule has 0 amide bonds. The molecule has 0 radical (unpaired) electrons. The maximum absolute atomic E-state index is 4.21. The van der Waals surface area contributed by atoms with Crippen molar-refractivity contribution >= 4 is 11.8 Å². The fourth-order valence-electron chi connectivity index (χ4n) is 2.09. The zero-order valence-electron chi connectivity index (χ0n) is 11.8. The third-order valence-electron chi connectivity index (χ3n) is 3.35. The third-order valence-corrected chi connectivity index (χ3v) is 3.35. The van der Waals surface area contributed by atoms with Crippen LogP contribution in [0.3, 0.4) is 0 Å². The van der Waals surface area contributed by atoms with E-state index in [-0.39, 0.29) is 6.04 Å². The van der Waals surface area contributed by atoms with Gasteiger partial charge in [-0.25, -0.2) is 0 Å². The predicted octanol–water partition coefficient (Wildman–Crippen LogP) is 4.75. The molecule has 0 bridgehead atoms. The van der Waals surface area contributed by atoms with Crippen LogP contribution in [-0.4, -0.2) is 18.0 Å². The summed E-state index contributed by atoms with van der Waals surface area (Å²) < 4.78 is 0. The molecule has 1 rings (SSSR count). The molecule has 0 saturated heterocycles. The molecule has 0 N–H and O–H groups in total. The highest BCUT2D eigenvalue weighted by atomic mass is 15.1. The van der Waals surface area contributed by atoms with Gasteiger partial charge in [0.15, 0.2) is 0 Å². The third kappa shape index (κ3) is 3.72. The first kappa shape index (κ1) is 15.0. The first-order valence-corrected chi connectivity index (χ1v) is 6.52. The Hall–Kier alpha value is -2.02. The van der Waals surface area contributed by atoms with Gasteiger partial charge in [-0.15, -0.1) is 13.2 Å². The van der Waals surface area contributed by atoms with Crippen LogP contribution in [0.5, 0.6) is 0 Å². The minimum Gasteiger partial charge on any atom is -0.368 e. The van der Waals surface area contributed by atoms with E-state index in [1.54, 1.807) is 0 Å². The van der Waals surface area contributed by atoms with Crippen LogP contribution in [0.15, 0.2) is 62.7 Å². The van der Waals surface area contributed by atoms with Gasteiger partial charge in [0, 0.05) is 24.4 Å². The normalized spacial score (nSPS) is 11.4. The Labute approximate surface area is 117 Å². The number of nitrogens with zero attached hydrogens (tertiary/aromatic N) is 1. The fraction of sp³-hybridized carbons (Fsp3) is 0.222. The molecule has 1 heteroatoms. The van der Waals surface area contributed by atoms with Crippen molar-refractivity contribution in [2.24, 2.45) is 0 Å². The summed E-state index contributed by atoms with van der Waals surface area (Å²) in [7, 11) is 2.05. The van der Waals surface area contributed by atoms with Gasteiger partial charge in [0.25, 0.3) is 0 Å². The highest BCUT2D eigenvalue weighted by molar-refractivity contribution is 5.71. The summed E-state index contributed by atoms with van der Waals surface area (Å²) in [6.07, 6.45) is 7.73. The molecule has 1 unspecified atom stereocenters. The van der Waals surface area contributed by atoms with Gasteiger partial charge in [0.2, 0.25) is 0 Å². The van der Waals surface area contributed by atoms with E-state index < -0.39 is 0 Å². The maximum atomic E-state index is 4.21. The van der Waals surface area contributed by atoms with Gasteiger partial charge in [-0.05, 0) is 18.4 Å². The van der Waals surface area contributed by atoms with E-state index >= 15 is 0 Å². The smallest absolute Gasteiger partial charge is 0.0470 e. The van der Waals surface area contributed by atoms with Gasteiger partial charge >= 0.3 is 0 Å². The number of allylic oxidation sites excluding steroid dienone is 1. The zero-order valence-corrected chi connectivity index (χ0v) is 11.8. The predicted molar refractivity (Wildman–Crippen MR) is 86.7 cm³/mol. The van der Waals surface area contributed by atoms with Crippen molar-refractivity contribution in [3.63, 3.8) is 0 Å². The van der Waals surface area contributed by atoms with E-state index in [1.807, 2.05) is 36.4 Å². The molecule has 19 heavy (non-hydrogen) atoms. The van der Waals surface area contributed by atoms with Crippen molar-refractivity contribution in [2.45, 2.75) is 18.9 Å². The van der Waals surface area contributed by atoms with Crippen molar-refractivity contribution in [2.75, 3.05) is 7.05 Å². The van der Waals surface area contributed by atoms with E-state index in [9.17, 15) is 0 Å². The molecule has 0 aliphatic carbocycles. The summed E-state index contributed by atoms with van der Waals surface area (Å²) in [4.78, 5) is 2.17. The molecule has 0 aromatic heterocycles. The van der Waals surface area contributed by atoms with Crippen molar-refractivity contribution in [3.05, 3.63) is 73.9 Å². The standard InChI is InChI=1S/C18H23N/c1-6-9-13-17(8-3)19(5)15(4)18-14-11-10-12-16(18)7-2/h6-8,10-12,14,17H,1-4,9,13H2,5H3. The van der Waals surface area contributed by atoms with Crippen LogP contribution in [-0.2, 0) is 0 Å². The lowest BCUT2D eigenvalue weighted by molar-refractivity contribution is 0.388. The van der Waals surface area contributed by atoms with Crippen molar-refractivity contribution in [3.8, 4) is 0 Å². The molecule has 0 aliphatic rings. The second-order valence-electron chi connectivity index (χ2n) is 4.52. The molecule has 0 fully saturated rings. The monoisotopic (exact) mass is 253 g/mol. The largest absolute Gasteiger partial charge is 0.368 e. The number of benzene rings is 1. The van der Waals surface area contributed by atoms with Crippen LogP contribution >= 0.6 is 0 Å². The second-order valence-corrected chi connectivity index (χ2v) is 4.52. The van der Waals surface area contributed by atoms with Crippen LogP contribution in [0.2, 0.25) is 0 Å². The van der Waals surface area contributed by atoms with E-state index in [2.05, 4.69) is 44.3 Å². The highest BCUT2D eigenvalue weighted by Crippen LogP contribution is 2.24. The lowest BCUT2D eigenvalue weighted by Crippen LogP contribution is -2.28. The Morgan fingerprint density at radius 1 is 1.26 bits per heavy atom. The van der Waals surface area contributed by atoms with Gasteiger partial charge in [-0.3, -0.25) is 0 Å². The van der Waals surface area contributed by atoms with Gasteiger partial charge in [-0.2, -0.15) is 0 Å². The summed E-state index contributed by atoms with van der Waals surface area (Å²) in [5.74, 6) is 0. The lowest BCUT2D eigenvalue weighted by atomic mass is 10.0. The fourth-order valence-corrected chi connectivity index (χ4v) is 2.09. The van der Waals surface area contributed by atoms with Gasteiger partial charge in [0.05, 0.1) is 0 Å². The summed E-state index contributed by atoms with van der Waals surface area (Å²) in [5, 5.41) is 0. The molecule has 1 aromatic rings. The zero-order chi connectivity index (χ0) is 14.3. The van der Waals surface area contributed by atoms with Crippen LogP contribution in [0.1, 0.15) is 24.0 Å². The Morgan fingerprint density at radius 2 is 1.95 bits per heavy atom. The van der Waals surface area contributed by atoms with Crippen LogP contribution < -0.4 is 0 Å². The second kappa shape index (κ2) is 7.42. The Bertz CT molecular complexity index is 470. The Balaban J connectivity index is 2.94. The molecule has 0 heterocycles. The quantitative estimate of drug-likeness (QED) is 0.604. The summed E-state index contributed by atoms with van der Waals surface area (Å²) in [5.41, 5.74) is 3.21. The molecule has 1 aromatic carbocycles. The topological polar surface area (TPSA) is 3.24 Å². The number of hydrogen-bond donors (Lipinski definition) is 0. The Kier molecular flexibility index (Phi) is 5.87. The van der Waals surface area contributed by atoms with Crippen LogP contribution in [0, 0.1) is 0 Å². The van der Waals surface area contributed by atoms with Gasteiger partial charge in [-0.1, -0.05) is 55.7 Å². The Morgan fingerprint density at radius 3 is 2.53 bits per heavy atom. The van der Waals surface area contributed by atoms with Crippen molar-refractivity contribution in [1.82, 2.24) is 4.90 Å². The van der Waals surface area contributed by atoms with Crippen molar-refractivity contribution < 1.29 is 0 Å². The number of likely N-dealkylation sites (N-methyl/N-ethyl adjacent to an activating group) is 1. The average Bonchev–Trinajstić information content (AvgIpc) is 2.46. The molecular weight excluding hydrogens is 230 g/mol. The van der Waals surface area contributed by atoms with Gasteiger partial charge < -0.3 is 4.90 Å².